The van der Waals surface area contributed by atoms with Crippen LogP contribution < -0.4 is 10.2 Å². The van der Waals surface area contributed by atoms with Crippen molar-refractivity contribution in [3.05, 3.63) is 64.7 Å². The number of aryl methyl sites for hydroxylation is 1. The molecule has 4 rings (SSSR count). The number of benzene rings is 1. The lowest BCUT2D eigenvalue weighted by atomic mass is 10.0. The molecule has 3 heterocycles. The summed E-state index contributed by atoms with van der Waals surface area (Å²) in [7, 11) is 0. The first-order chi connectivity index (χ1) is 13.3. The predicted octanol–water partition coefficient (Wildman–Crippen LogP) is 4.31. The molecule has 3 aromatic rings. The molecule has 4 nitrogen and oxygen atoms in total. The summed E-state index contributed by atoms with van der Waals surface area (Å²) in [5, 5.41) is 5.90. The van der Waals surface area contributed by atoms with Crippen molar-refractivity contribution in [1.82, 2.24) is 15.3 Å². The molecule has 0 aliphatic carbocycles. The van der Waals surface area contributed by atoms with Crippen LogP contribution in [0.25, 0.3) is 11.3 Å². The Morgan fingerprint density at radius 2 is 2.04 bits per heavy atom. The third-order valence-electron chi connectivity index (χ3n) is 5.16. The predicted molar refractivity (Wildman–Crippen MR) is 113 cm³/mol. The monoisotopic (exact) mass is 378 g/mol. The van der Waals surface area contributed by atoms with Crippen LogP contribution in [0.2, 0.25) is 0 Å². The minimum Gasteiger partial charge on any atom is -0.371 e. The summed E-state index contributed by atoms with van der Waals surface area (Å²) in [6.07, 6.45) is 5.36. The molecule has 0 bridgehead atoms. The highest BCUT2D eigenvalue weighted by Gasteiger charge is 2.19. The van der Waals surface area contributed by atoms with Crippen LogP contribution in [0.1, 0.15) is 23.5 Å². The maximum absolute atomic E-state index is 4.56. The minimum absolute atomic E-state index is 0.633. The van der Waals surface area contributed by atoms with Gasteiger partial charge in [-0.15, -0.1) is 11.3 Å². The third kappa shape index (κ3) is 4.73. The van der Waals surface area contributed by atoms with Crippen LogP contribution in [0.3, 0.4) is 0 Å². The van der Waals surface area contributed by atoms with E-state index in [2.05, 4.69) is 62.0 Å². The number of hydrogen-bond acceptors (Lipinski definition) is 5. The van der Waals surface area contributed by atoms with E-state index in [9.17, 15) is 0 Å². The fourth-order valence-electron chi connectivity index (χ4n) is 3.68. The molecule has 1 aliphatic rings. The standard InChI is InChI=1S/C22H26N4S/c1-17-23-12-8-22(25-17)18-4-2-5-20(16-18)26-13-9-19(10-14-26)24-11-7-21-6-3-15-27-21/h2-6,8,12,15-16,19,24H,7,9-11,13-14H2,1H3. The summed E-state index contributed by atoms with van der Waals surface area (Å²) in [6.45, 7) is 5.21. The van der Waals surface area contributed by atoms with Crippen LogP contribution in [0.5, 0.6) is 0 Å². The van der Waals surface area contributed by atoms with Crippen molar-refractivity contribution >= 4 is 17.0 Å². The van der Waals surface area contributed by atoms with Crippen molar-refractivity contribution in [1.29, 1.82) is 0 Å². The van der Waals surface area contributed by atoms with Gasteiger partial charge in [0.2, 0.25) is 0 Å². The van der Waals surface area contributed by atoms with Gasteiger partial charge in [-0.05, 0) is 55.8 Å². The Hall–Kier alpha value is -2.24. The van der Waals surface area contributed by atoms with Gasteiger partial charge in [-0.3, -0.25) is 0 Å². The first-order valence-electron chi connectivity index (χ1n) is 9.69. The van der Waals surface area contributed by atoms with Crippen LogP contribution in [-0.4, -0.2) is 35.6 Å². The van der Waals surface area contributed by atoms with E-state index in [4.69, 9.17) is 0 Å². The molecule has 0 atom stereocenters. The number of piperidine rings is 1. The molecule has 0 spiro atoms. The Labute approximate surface area is 165 Å². The Morgan fingerprint density at radius 1 is 1.15 bits per heavy atom. The molecule has 1 saturated heterocycles. The second-order valence-electron chi connectivity index (χ2n) is 7.08. The fourth-order valence-corrected chi connectivity index (χ4v) is 4.38. The van der Waals surface area contributed by atoms with Gasteiger partial charge in [-0.1, -0.05) is 18.2 Å². The first kappa shape index (κ1) is 18.1. The summed E-state index contributed by atoms with van der Waals surface area (Å²) in [5.74, 6) is 0.812. The maximum Gasteiger partial charge on any atom is 0.125 e. The van der Waals surface area contributed by atoms with Gasteiger partial charge in [0.15, 0.2) is 0 Å². The lowest BCUT2D eigenvalue weighted by Gasteiger charge is -2.34. The zero-order chi connectivity index (χ0) is 18.5. The summed E-state index contributed by atoms with van der Waals surface area (Å²) in [5.41, 5.74) is 3.45. The number of anilines is 1. The van der Waals surface area contributed by atoms with E-state index in [0.717, 1.165) is 43.1 Å². The summed E-state index contributed by atoms with van der Waals surface area (Å²) >= 11 is 1.85. The second-order valence-corrected chi connectivity index (χ2v) is 8.12. The van der Waals surface area contributed by atoms with Gasteiger partial charge in [-0.25, -0.2) is 9.97 Å². The van der Waals surface area contributed by atoms with Crippen molar-refractivity contribution in [3.8, 4) is 11.3 Å². The molecule has 0 amide bonds. The lowest BCUT2D eigenvalue weighted by Crippen LogP contribution is -2.43. The Bertz CT molecular complexity index is 854. The van der Waals surface area contributed by atoms with Gasteiger partial charge in [0.25, 0.3) is 0 Å². The highest BCUT2D eigenvalue weighted by atomic mass is 32.1. The SMILES string of the molecule is Cc1nccc(-c2cccc(N3CCC(NCCc4cccs4)CC3)c2)n1. The molecule has 27 heavy (non-hydrogen) atoms. The van der Waals surface area contributed by atoms with Crippen LogP contribution >= 0.6 is 11.3 Å². The van der Waals surface area contributed by atoms with Gasteiger partial charge in [-0.2, -0.15) is 0 Å². The van der Waals surface area contributed by atoms with E-state index in [-0.39, 0.29) is 0 Å². The zero-order valence-electron chi connectivity index (χ0n) is 15.8. The smallest absolute Gasteiger partial charge is 0.125 e. The zero-order valence-corrected chi connectivity index (χ0v) is 16.6. The summed E-state index contributed by atoms with van der Waals surface area (Å²) < 4.78 is 0. The molecule has 0 unspecified atom stereocenters. The molecule has 5 heteroatoms. The van der Waals surface area contributed by atoms with Crippen LogP contribution in [0.4, 0.5) is 5.69 Å². The Kier molecular flexibility index (Phi) is 5.80. The van der Waals surface area contributed by atoms with E-state index in [1.54, 1.807) is 0 Å². The average molecular weight is 379 g/mol. The highest BCUT2D eigenvalue weighted by molar-refractivity contribution is 7.09. The fraction of sp³-hybridized carbons (Fsp3) is 0.364. The molecule has 1 N–H and O–H groups in total. The normalized spacial score (nSPS) is 15.2. The van der Waals surface area contributed by atoms with Gasteiger partial charge >= 0.3 is 0 Å². The number of aromatic nitrogens is 2. The topological polar surface area (TPSA) is 41.1 Å². The maximum atomic E-state index is 4.56. The van der Waals surface area contributed by atoms with Gasteiger partial charge in [0, 0.05) is 48.0 Å². The molecule has 1 aromatic carbocycles. The van der Waals surface area contributed by atoms with Gasteiger partial charge < -0.3 is 10.2 Å². The quantitative estimate of drug-likeness (QED) is 0.694. The Morgan fingerprint density at radius 3 is 2.81 bits per heavy atom. The van der Waals surface area contributed by atoms with Crippen molar-refractivity contribution in [2.45, 2.75) is 32.2 Å². The third-order valence-corrected chi connectivity index (χ3v) is 6.10. The van der Waals surface area contributed by atoms with E-state index < -0.39 is 0 Å². The first-order valence-corrected chi connectivity index (χ1v) is 10.6. The van der Waals surface area contributed by atoms with Crippen LogP contribution in [-0.2, 0) is 6.42 Å². The summed E-state index contributed by atoms with van der Waals surface area (Å²) in [4.78, 5) is 12.7. The number of rotatable bonds is 6. The molecule has 140 valence electrons. The number of hydrogen-bond donors (Lipinski definition) is 1. The largest absolute Gasteiger partial charge is 0.371 e. The molecule has 2 aromatic heterocycles. The molecular weight excluding hydrogens is 352 g/mol. The molecule has 1 aliphatic heterocycles. The molecule has 0 saturated carbocycles. The van der Waals surface area contributed by atoms with Crippen molar-refractivity contribution < 1.29 is 0 Å². The number of thiophene rings is 1. The van der Waals surface area contributed by atoms with Crippen LogP contribution in [0.15, 0.2) is 54.0 Å². The lowest BCUT2D eigenvalue weighted by molar-refractivity contribution is 0.418. The van der Waals surface area contributed by atoms with Gasteiger partial charge in [0.05, 0.1) is 5.69 Å². The average Bonchev–Trinajstić information content (AvgIpc) is 3.22. The van der Waals surface area contributed by atoms with Gasteiger partial charge in [0.1, 0.15) is 5.82 Å². The number of nitrogens with zero attached hydrogens (tertiary/aromatic N) is 3. The highest BCUT2D eigenvalue weighted by Crippen LogP contribution is 2.25. The van der Waals surface area contributed by atoms with Crippen LogP contribution in [0, 0.1) is 6.92 Å². The number of nitrogens with one attached hydrogen (secondary N) is 1. The van der Waals surface area contributed by atoms with E-state index in [0.29, 0.717) is 6.04 Å². The van der Waals surface area contributed by atoms with Crippen molar-refractivity contribution in [2.24, 2.45) is 0 Å². The minimum atomic E-state index is 0.633. The molecule has 0 radical (unpaired) electrons. The summed E-state index contributed by atoms with van der Waals surface area (Å²) in [6, 6.07) is 15.7. The van der Waals surface area contributed by atoms with Crippen molar-refractivity contribution in [2.75, 3.05) is 24.5 Å². The Balaban J connectivity index is 1.32. The van der Waals surface area contributed by atoms with E-state index in [1.165, 1.54) is 23.4 Å². The molecular formula is C22H26N4S. The van der Waals surface area contributed by atoms with E-state index >= 15 is 0 Å². The van der Waals surface area contributed by atoms with Crippen molar-refractivity contribution in [3.63, 3.8) is 0 Å². The second kappa shape index (κ2) is 8.63. The molecule has 1 fully saturated rings. The van der Waals surface area contributed by atoms with E-state index in [1.807, 2.05) is 30.5 Å².